The van der Waals surface area contributed by atoms with E-state index < -0.39 is 0 Å². The number of hydrogen-bond acceptors (Lipinski definition) is 2. The van der Waals surface area contributed by atoms with Crippen molar-refractivity contribution in [3.05, 3.63) is 35.6 Å². The lowest BCUT2D eigenvalue weighted by Crippen LogP contribution is -2.25. The summed E-state index contributed by atoms with van der Waals surface area (Å²) in [5, 5.41) is 12.0. The van der Waals surface area contributed by atoms with E-state index in [0.717, 1.165) is 24.9 Å². The summed E-state index contributed by atoms with van der Waals surface area (Å²) in [4.78, 5) is 0. The van der Waals surface area contributed by atoms with Gasteiger partial charge < -0.3 is 10.4 Å². The average molecular weight is 211 g/mol. The summed E-state index contributed by atoms with van der Waals surface area (Å²) < 4.78 is 12.6. The van der Waals surface area contributed by atoms with E-state index in [0.29, 0.717) is 6.04 Å². The molecule has 1 aromatic rings. The second-order valence-corrected chi connectivity index (χ2v) is 3.77. The molecular formula is C12H18FNO. The van der Waals surface area contributed by atoms with Gasteiger partial charge in [-0.05, 0) is 37.5 Å². The predicted octanol–water partition coefficient (Wildman–Crippen LogP) is 2.08. The molecule has 3 heteroatoms. The Labute approximate surface area is 90.1 Å². The summed E-state index contributed by atoms with van der Waals surface area (Å²) in [6.07, 6.45) is 1.77. The summed E-state index contributed by atoms with van der Waals surface area (Å²) in [6.45, 7) is 3.06. The van der Waals surface area contributed by atoms with E-state index in [4.69, 9.17) is 5.11 Å². The molecule has 2 N–H and O–H groups in total. The molecule has 0 fully saturated rings. The van der Waals surface area contributed by atoms with Crippen molar-refractivity contribution in [2.24, 2.45) is 0 Å². The third-order valence-corrected chi connectivity index (χ3v) is 2.36. The van der Waals surface area contributed by atoms with Crippen LogP contribution in [-0.2, 0) is 6.54 Å². The van der Waals surface area contributed by atoms with Crippen LogP contribution < -0.4 is 5.32 Å². The Bertz CT molecular complexity index is 273. The Hall–Kier alpha value is -0.930. The van der Waals surface area contributed by atoms with Crippen molar-refractivity contribution in [2.75, 3.05) is 6.61 Å². The van der Waals surface area contributed by atoms with Crippen molar-refractivity contribution >= 4 is 0 Å². The maximum absolute atomic E-state index is 12.6. The number of benzene rings is 1. The van der Waals surface area contributed by atoms with Crippen molar-refractivity contribution < 1.29 is 9.50 Å². The van der Waals surface area contributed by atoms with Crippen LogP contribution in [0.3, 0.4) is 0 Å². The molecule has 0 spiro atoms. The highest BCUT2D eigenvalue weighted by atomic mass is 19.1. The molecule has 1 atom stereocenters. The molecule has 0 aliphatic rings. The van der Waals surface area contributed by atoms with Gasteiger partial charge in [0.15, 0.2) is 0 Å². The first kappa shape index (κ1) is 12.1. The maximum atomic E-state index is 12.6. The van der Waals surface area contributed by atoms with Gasteiger partial charge in [0.25, 0.3) is 0 Å². The Morgan fingerprint density at radius 3 is 2.60 bits per heavy atom. The van der Waals surface area contributed by atoms with Gasteiger partial charge in [0, 0.05) is 19.2 Å². The highest BCUT2D eigenvalue weighted by molar-refractivity contribution is 5.15. The molecule has 1 aromatic carbocycles. The van der Waals surface area contributed by atoms with Gasteiger partial charge in [-0.25, -0.2) is 4.39 Å². The van der Waals surface area contributed by atoms with E-state index in [9.17, 15) is 4.39 Å². The Morgan fingerprint density at radius 2 is 2.00 bits per heavy atom. The largest absolute Gasteiger partial charge is 0.396 e. The lowest BCUT2D eigenvalue weighted by atomic mass is 10.1. The number of aliphatic hydroxyl groups is 1. The minimum Gasteiger partial charge on any atom is -0.396 e. The molecule has 2 nitrogen and oxygen atoms in total. The van der Waals surface area contributed by atoms with Gasteiger partial charge >= 0.3 is 0 Å². The average Bonchev–Trinajstić information content (AvgIpc) is 2.25. The minimum atomic E-state index is -0.202. The fourth-order valence-corrected chi connectivity index (χ4v) is 1.39. The van der Waals surface area contributed by atoms with Crippen molar-refractivity contribution in [1.29, 1.82) is 0 Å². The molecular weight excluding hydrogens is 193 g/mol. The molecule has 0 aromatic heterocycles. The van der Waals surface area contributed by atoms with E-state index in [1.165, 1.54) is 12.1 Å². The fourth-order valence-electron chi connectivity index (χ4n) is 1.39. The van der Waals surface area contributed by atoms with Crippen LogP contribution in [0.4, 0.5) is 4.39 Å². The first-order chi connectivity index (χ1) is 7.22. The summed E-state index contributed by atoms with van der Waals surface area (Å²) in [6, 6.07) is 6.87. The zero-order valence-electron chi connectivity index (χ0n) is 9.04. The Kier molecular flexibility index (Phi) is 5.29. The molecule has 0 saturated heterocycles. The van der Waals surface area contributed by atoms with Crippen molar-refractivity contribution in [1.82, 2.24) is 5.32 Å². The molecule has 15 heavy (non-hydrogen) atoms. The van der Waals surface area contributed by atoms with Gasteiger partial charge in [-0.15, -0.1) is 0 Å². The number of hydrogen-bond donors (Lipinski definition) is 2. The monoisotopic (exact) mass is 211 g/mol. The molecule has 0 bridgehead atoms. The molecule has 0 aliphatic heterocycles. The number of nitrogens with one attached hydrogen (secondary N) is 1. The number of halogens is 1. The minimum absolute atomic E-state index is 0.202. The highest BCUT2D eigenvalue weighted by Gasteiger charge is 2.00. The standard InChI is InChI=1S/C12H18FNO/c1-10(3-2-8-15)14-9-11-4-6-12(13)7-5-11/h4-7,10,14-15H,2-3,8-9H2,1H3. The van der Waals surface area contributed by atoms with Gasteiger partial charge in [-0.1, -0.05) is 12.1 Å². The second-order valence-electron chi connectivity index (χ2n) is 3.77. The molecule has 0 heterocycles. The van der Waals surface area contributed by atoms with Crippen molar-refractivity contribution in [2.45, 2.75) is 32.4 Å². The van der Waals surface area contributed by atoms with Crippen LogP contribution in [0.25, 0.3) is 0 Å². The summed E-state index contributed by atoms with van der Waals surface area (Å²) >= 11 is 0. The fraction of sp³-hybridized carbons (Fsp3) is 0.500. The lowest BCUT2D eigenvalue weighted by Gasteiger charge is -2.12. The van der Waals surface area contributed by atoms with E-state index in [1.54, 1.807) is 12.1 Å². The van der Waals surface area contributed by atoms with Gasteiger partial charge in [0.2, 0.25) is 0 Å². The van der Waals surface area contributed by atoms with Crippen molar-refractivity contribution in [3.8, 4) is 0 Å². The Balaban J connectivity index is 2.27. The summed E-state index contributed by atoms with van der Waals surface area (Å²) in [7, 11) is 0. The molecule has 0 radical (unpaired) electrons. The van der Waals surface area contributed by atoms with Crippen LogP contribution in [0.1, 0.15) is 25.3 Å². The zero-order valence-corrected chi connectivity index (χ0v) is 9.04. The van der Waals surface area contributed by atoms with Crippen LogP contribution in [0.2, 0.25) is 0 Å². The Morgan fingerprint density at radius 1 is 1.33 bits per heavy atom. The predicted molar refractivity (Wildman–Crippen MR) is 59.0 cm³/mol. The van der Waals surface area contributed by atoms with Gasteiger partial charge in [0.05, 0.1) is 0 Å². The quantitative estimate of drug-likeness (QED) is 0.755. The van der Waals surface area contributed by atoms with E-state index in [2.05, 4.69) is 12.2 Å². The number of rotatable bonds is 6. The van der Waals surface area contributed by atoms with Crippen LogP contribution in [0, 0.1) is 5.82 Å². The third-order valence-electron chi connectivity index (χ3n) is 2.36. The maximum Gasteiger partial charge on any atom is 0.123 e. The molecule has 0 aliphatic carbocycles. The van der Waals surface area contributed by atoms with Crippen LogP contribution >= 0.6 is 0 Å². The van der Waals surface area contributed by atoms with Crippen LogP contribution in [-0.4, -0.2) is 17.8 Å². The van der Waals surface area contributed by atoms with Crippen LogP contribution in [0.5, 0.6) is 0 Å². The van der Waals surface area contributed by atoms with Gasteiger partial charge in [0.1, 0.15) is 5.82 Å². The SMILES string of the molecule is CC(CCCO)NCc1ccc(F)cc1. The number of aliphatic hydroxyl groups excluding tert-OH is 1. The summed E-state index contributed by atoms with van der Waals surface area (Å²) in [5.74, 6) is -0.202. The lowest BCUT2D eigenvalue weighted by molar-refractivity contribution is 0.276. The van der Waals surface area contributed by atoms with Crippen LogP contribution in [0.15, 0.2) is 24.3 Å². The normalized spacial score (nSPS) is 12.7. The first-order valence-electron chi connectivity index (χ1n) is 5.31. The van der Waals surface area contributed by atoms with Crippen molar-refractivity contribution in [3.63, 3.8) is 0 Å². The van der Waals surface area contributed by atoms with Gasteiger partial charge in [-0.2, -0.15) is 0 Å². The smallest absolute Gasteiger partial charge is 0.123 e. The molecule has 84 valence electrons. The summed E-state index contributed by atoms with van der Waals surface area (Å²) in [5.41, 5.74) is 1.08. The van der Waals surface area contributed by atoms with E-state index >= 15 is 0 Å². The third kappa shape index (κ3) is 4.91. The molecule has 1 unspecified atom stereocenters. The molecule has 1 rings (SSSR count). The highest BCUT2D eigenvalue weighted by Crippen LogP contribution is 2.03. The molecule has 0 amide bonds. The second kappa shape index (κ2) is 6.53. The topological polar surface area (TPSA) is 32.3 Å². The van der Waals surface area contributed by atoms with Gasteiger partial charge in [-0.3, -0.25) is 0 Å². The van der Waals surface area contributed by atoms with E-state index in [-0.39, 0.29) is 12.4 Å². The molecule has 0 saturated carbocycles. The first-order valence-corrected chi connectivity index (χ1v) is 5.31. The zero-order chi connectivity index (χ0) is 11.1. The van der Waals surface area contributed by atoms with E-state index in [1.807, 2.05) is 0 Å².